The molecule has 0 heterocycles. The molecular weight excluding hydrogens is 265 g/mol. The Morgan fingerprint density at radius 3 is 2.71 bits per heavy atom. The predicted molar refractivity (Wildman–Crippen MR) is 66.2 cm³/mol. The van der Waals surface area contributed by atoms with Crippen LogP contribution in [-0.2, 0) is 14.3 Å². The topological polar surface area (TPSA) is 61.5 Å². The van der Waals surface area contributed by atoms with E-state index in [0.29, 0.717) is 10.0 Å². The lowest BCUT2D eigenvalue weighted by molar-refractivity contribution is -0.146. The van der Waals surface area contributed by atoms with E-state index in [1.807, 2.05) is 0 Å². The van der Waals surface area contributed by atoms with Gasteiger partial charge in [-0.3, -0.25) is 0 Å². The number of halogens is 2. The van der Waals surface area contributed by atoms with Crippen LogP contribution in [0.2, 0.25) is 10.0 Å². The van der Waals surface area contributed by atoms with Gasteiger partial charge in [-0.05, 0) is 17.7 Å². The van der Waals surface area contributed by atoms with Crippen LogP contribution in [-0.4, -0.2) is 26.3 Å². The number of benzene rings is 1. The summed E-state index contributed by atoms with van der Waals surface area (Å²) in [6.07, 6.45) is 0. The van der Waals surface area contributed by atoms with Crippen LogP contribution in [0.1, 0.15) is 11.6 Å². The van der Waals surface area contributed by atoms with Gasteiger partial charge in [0.15, 0.2) is 0 Å². The first-order valence-corrected chi connectivity index (χ1v) is 5.65. The van der Waals surface area contributed by atoms with Gasteiger partial charge in [0, 0.05) is 0 Å². The van der Waals surface area contributed by atoms with E-state index < -0.39 is 5.97 Å². The van der Waals surface area contributed by atoms with Crippen LogP contribution in [0.4, 0.5) is 0 Å². The summed E-state index contributed by atoms with van der Waals surface area (Å²) in [6.45, 7) is 0.0819. The highest BCUT2D eigenvalue weighted by Gasteiger charge is 2.09. The van der Waals surface area contributed by atoms with Crippen molar-refractivity contribution in [2.45, 2.75) is 6.04 Å². The number of nitrogens with two attached hydrogens (primary N) is 1. The largest absolute Gasteiger partial charge is 0.467 e. The zero-order chi connectivity index (χ0) is 12.8. The van der Waals surface area contributed by atoms with Gasteiger partial charge in [0.25, 0.3) is 0 Å². The van der Waals surface area contributed by atoms with E-state index in [1.165, 1.54) is 7.11 Å². The minimum absolute atomic E-state index is 0.120. The second kappa shape index (κ2) is 6.81. The van der Waals surface area contributed by atoms with Gasteiger partial charge in [0.05, 0.1) is 29.8 Å². The number of methoxy groups -OCH3 is 1. The maximum atomic E-state index is 10.8. The second-order valence-corrected chi connectivity index (χ2v) is 4.19. The summed E-state index contributed by atoms with van der Waals surface area (Å²) in [5, 5.41) is 0.908. The first-order valence-electron chi connectivity index (χ1n) is 4.89. The van der Waals surface area contributed by atoms with Crippen LogP contribution in [0.3, 0.4) is 0 Å². The van der Waals surface area contributed by atoms with Crippen molar-refractivity contribution in [3.05, 3.63) is 33.8 Å². The summed E-state index contributed by atoms with van der Waals surface area (Å²) in [5.41, 5.74) is 6.66. The maximum Gasteiger partial charge on any atom is 0.331 e. The Hall–Kier alpha value is -0.810. The van der Waals surface area contributed by atoms with Gasteiger partial charge in [-0.2, -0.15) is 0 Å². The van der Waals surface area contributed by atoms with Gasteiger partial charge < -0.3 is 15.2 Å². The lowest BCUT2D eigenvalue weighted by atomic mass is 10.1. The van der Waals surface area contributed by atoms with Crippen LogP contribution in [0.15, 0.2) is 18.2 Å². The van der Waals surface area contributed by atoms with Gasteiger partial charge in [-0.1, -0.05) is 29.3 Å². The van der Waals surface area contributed by atoms with Crippen molar-refractivity contribution in [1.29, 1.82) is 0 Å². The molecule has 0 saturated heterocycles. The van der Waals surface area contributed by atoms with Gasteiger partial charge >= 0.3 is 5.97 Å². The summed E-state index contributed by atoms with van der Waals surface area (Å²) < 4.78 is 9.53. The molecule has 0 radical (unpaired) electrons. The third kappa shape index (κ3) is 4.52. The SMILES string of the molecule is COC(=O)COCC(N)c1ccc(Cl)c(Cl)c1. The highest BCUT2D eigenvalue weighted by Crippen LogP contribution is 2.24. The van der Waals surface area contributed by atoms with Gasteiger partial charge in [-0.25, -0.2) is 4.79 Å². The average Bonchev–Trinajstić information content (AvgIpc) is 2.32. The molecule has 4 nitrogen and oxygen atoms in total. The van der Waals surface area contributed by atoms with E-state index >= 15 is 0 Å². The van der Waals surface area contributed by atoms with E-state index in [0.717, 1.165) is 5.56 Å². The van der Waals surface area contributed by atoms with E-state index in [4.69, 9.17) is 33.7 Å². The lowest BCUT2D eigenvalue weighted by Crippen LogP contribution is -2.20. The molecule has 0 aromatic heterocycles. The Labute approximate surface area is 110 Å². The highest BCUT2D eigenvalue weighted by atomic mass is 35.5. The summed E-state index contributed by atoms with van der Waals surface area (Å²) in [6, 6.07) is 4.74. The zero-order valence-electron chi connectivity index (χ0n) is 9.28. The van der Waals surface area contributed by atoms with Gasteiger partial charge in [0.1, 0.15) is 6.61 Å². The number of hydrogen-bond donors (Lipinski definition) is 1. The lowest BCUT2D eigenvalue weighted by Gasteiger charge is -2.12. The fraction of sp³-hybridized carbons (Fsp3) is 0.364. The standard InChI is InChI=1S/C11H13Cl2NO3/c1-16-11(15)6-17-5-10(14)7-2-3-8(12)9(13)4-7/h2-4,10H,5-6,14H2,1H3. The minimum atomic E-state index is -0.439. The van der Waals surface area contributed by atoms with Gasteiger partial charge in [0.2, 0.25) is 0 Å². The van der Waals surface area contributed by atoms with Crippen LogP contribution >= 0.6 is 23.2 Å². The fourth-order valence-corrected chi connectivity index (χ4v) is 1.47. The van der Waals surface area contributed by atoms with E-state index in [9.17, 15) is 4.79 Å². The first kappa shape index (κ1) is 14.3. The molecule has 1 aromatic carbocycles. The smallest absolute Gasteiger partial charge is 0.331 e. The van der Waals surface area contributed by atoms with Crippen LogP contribution < -0.4 is 5.73 Å². The molecule has 0 fully saturated rings. The molecule has 0 amide bonds. The van der Waals surface area contributed by atoms with Crippen LogP contribution in [0, 0.1) is 0 Å². The van der Waals surface area contributed by atoms with Crippen molar-refractivity contribution in [3.63, 3.8) is 0 Å². The molecule has 0 aliphatic rings. The maximum absolute atomic E-state index is 10.8. The van der Waals surface area contributed by atoms with Crippen molar-refractivity contribution in [1.82, 2.24) is 0 Å². The van der Waals surface area contributed by atoms with Crippen molar-refractivity contribution >= 4 is 29.2 Å². The third-order valence-electron chi connectivity index (χ3n) is 2.12. The van der Waals surface area contributed by atoms with Crippen molar-refractivity contribution in [3.8, 4) is 0 Å². The molecule has 0 spiro atoms. The second-order valence-electron chi connectivity index (χ2n) is 3.37. The molecule has 0 saturated carbocycles. The number of rotatable bonds is 5. The molecule has 0 aliphatic carbocycles. The first-order chi connectivity index (χ1) is 8.04. The van der Waals surface area contributed by atoms with Crippen LogP contribution in [0.25, 0.3) is 0 Å². The molecule has 1 atom stereocenters. The van der Waals surface area contributed by atoms with Crippen molar-refractivity contribution in [2.24, 2.45) is 5.73 Å². The molecule has 94 valence electrons. The molecule has 1 unspecified atom stereocenters. The minimum Gasteiger partial charge on any atom is -0.467 e. The number of carbonyl (C=O) groups excluding carboxylic acids is 1. The number of esters is 1. The quantitative estimate of drug-likeness (QED) is 0.838. The Kier molecular flexibility index (Phi) is 5.71. The molecule has 0 bridgehead atoms. The third-order valence-corrected chi connectivity index (χ3v) is 2.86. The Balaban J connectivity index is 2.49. The van der Waals surface area contributed by atoms with Crippen LogP contribution in [0.5, 0.6) is 0 Å². The Bertz CT molecular complexity index is 398. The molecule has 17 heavy (non-hydrogen) atoms. The highest BCUT2D eigenvalue weighted by molar-refractivity contribution is 6.42. The molecule has 0 aliphatic heterocycles. The zero-order valence-corrected chi connectivity index (χ0v) is 10.8. The molecule has 6 heteroatoms. The number of hydrogen-bond acceptors (Lipinski definition) is 4. The van der Waals surface area contributed by atoms with E-state index in [1.54, 1.807) is 18.2 Å². The van der Waals surface area contributed by atoms with Crippen molar-refractivity contribution in [2.75, 3.05) is 20.3 Å². The Morgan fingerprint density at radius 1 is 1.41 bits per heavy atom. The van der Waals surface area contributed by atoms with E-state index in [-0.39, 0.29) is 19.3 Å². The summed E-state index contributed by atoms with van der Waals surface area (Å²) in [4.78, 5) is 10.8. The van der Waals surface area contributed by atoms with Gasteiger partial charge in [-0.15, -0.1) is 0 Å². The average molecular weight is 278 g/mol. The molecule has 1 rings (SSSR count). The molecular formula is C11H13Cl2NO3. The Morgan fingerprint density at radius 2 is 2.12 bits per heavy atom. The number of carbonyl (C=O) groups is 1. The van der Waals surface area contributed by atoms with Crippen molar-refractivity contribution < 1.29 is 14.3 Å². The summed E-state index contributed by atoms with van der Waals surface area (Å²) >= 11 is 11.6. The summed E-state index contributed by atoms with van der Waals surface area (Å²) in [7, 11) is 1.30. The monoisotopic (exact) mass is 277 g/mol. The molecule has 2 N–H and O–H groups in total. The normalized spacial score (nSPS) is 12.2. The fourth-order valence-electron chi connectivity index (χ4n) is 1.17. The predicted octanol–water partition coefficient (Wildman–Crippen LogP) is 2.18. The summed E-state index contributed by atoms with van der Waals surface area (Å²) in [5.74, 6) is -0.439. The number of ether oxygens (including phenoxy) is 2. The molecule has 1 aromatic rings. The van der Waals surface area contributed by atoms with E-state index in [2.05, 4.69) is 4.74 Å².